The predicted molar refractivity (Wildman–Crippen MR) is 134 cm³/mol. The number of carbonyl (C=O) groups excluding carboxylic acids is 2. The summed E-state index contributed by atoms with van der Waals surface area (Å²) < 4.78 is 2.11. The van der Waals surface area contributed by atoms with Gasteiger partial charge in [-0.1, -0.05) is 43.9 Å². The van der Waals surface area contributed by atoms with Crippen LogP contribution in [-0.2, 0) is 17.8 Å². The second-order valence-electron chi connectivity index (χ2n) is 8.94. The standard InChI is InChI=1S/C26H34N4O2S/c1-29(20-11-4-2-5-12-20)25(31)19-30-22-14-8-7-13-21(22)28-24(30)16-6-3-9-17-27-26(32)23-15-10-18-33-23/h7-8,10,13-15,18,20H,2-6,9,11-12,16-17,19H2,1H3,(H,27,32). The third-order valence-corrected chi connectivity index (χ3v) is 7.52. The van der Waals surface area contributed by atoms with E-state index in [-0.39, 0.29) is 11.8 Å². The lowest BCUT2D eigenvalue weighted by atomic mass is 9.94. The molecule has 6 nitrogen and oxygen atoms in total. The minimum absolute atomic E-state index is 0.00684. The Morgan fingerprint density at radius 3 is 2.70 bits per heavy atom. The fourth-order valence-corrected chi connectivity index (χ4v) is 5.33. The third-order valence-electron chi connectivity index (χ3n) is 6.65. The van der Waals surface area contributed by atoms with Crippen molar-refractivity contribution in [1.29, 1.82) is 0 Å². The summed E-state index contributed by atoms with van der Waals surface area (Å²) in [5.74, 6) is 1.15. The van der Waals surface area contributed by atoms with Gasteiger partial charge in [-0.05, 0) is 49.3 Å². The first kappa shape index (κ1) is 23.5. The summed E-state index contributed by atoms with van der Waals surface area (Å²) in [4.78, 5) is 32.7. The molecule has 0 saturated heterocycles. The van der Waals surface area contributed by atoms with Gasteiger partial charge >= 0.3 is 0 Å². The molecule has 0 atom stereocenters. The molecule has 0 bridgehead atoms. The molecule has 1 saturated carbocycles. The lowest BCUT2D eigenvalue weighted by Crippen LogP contribution is -2.40. The van der Waals surface area contributed by atoms with Crippen molar-refractivity contribution in [2.24, 2.45) is 0 Å². The highest BCUT2D eigenvalue weighted by Crippen LogP contribution is 2.23. The minimum atomic E-state index is 0.00684. The maximum atomic E-state index is 13.1. The number of carbonyl (C=O) groups is 2. The van der Waals surface area contributed by atoms with Crippen molar-refractivity contribution in [2.45, 2.75) is 70.4 Å². The maximum Gasteiger partial charge on any atom is 0.261 e. The second kappa shape index (κ2) is 11.5. The quantitative estimate of drug-likeness (QED) is 0.426. The molecule has 176 valence electrons. The van der Waals surface area contributed by atoms with Gasteiger partial charge in [0.15, 0.2) is 0 Å². The van der Waals surface area contributed by atoms with Crippen molar-refractivity contribution in [3.8, 4) is 0 Å². The third kappa shape index (κ3) is 6.02. The van der Waals surface area contributed by atoms with E-state index in [2.05, 4.69) is 16.0 Å². The monoisotopic (exact) mass is 466 g/mol. The summed E-state index contributed by atoms with van der Waals surface area (Å²) in [6.45, 7) is 1.03. The fraction of sp³-hybridized carbons (Fsp3) is 0.500. The normalized spacial score (nSPS) is 14.5. The van der Waals surface area contributed by atoms with E-state index in [1.807, 2.05) is 47.7 Å². The Kier molecular flexibility index (Phi) is 8.15. The minimum Gasteiger partial charge on any atom is -0.351 e. The molecule has 1 aliphatic rings. The van der Waals surface area contributed by atoms with Crippen molar-refractivity contribution in [3.63, 3.8) is 0 Å². The first-order chi connectivity index (χ1) is 16.1. The SMILES string of the molecule is CN(C(=O)Cn1c(CCCCCNC(=O)c2cccs2)nc2ccccc21)C1CCCCC1. The Hall–Kier alpha value is -2.67. The average molecular weight is 467 g/mol. The van der Waals surface area contributed by atoms with Gasteiger partial charge in [-0.2, -0.15) is 0 Å². The van der Waals surface area contributed by atoms with E-state index in [1.165, 1.54) is 30.6 Å². The molecule has 2 aromatic heterocycles. The molecule has 33 heavy (non-hydrogen) atoms. The summed E-state index contributed by atoms with van der Waals surface area (Å²) in [5, 5.41) is 4.90. The van der Waals surface area contributed by atoms with Crippen molar-refractivity contribution >= 4 is 34.2 Å². The zero-order valence-corrected chi connectivity index (χ0v) is 20.3. The van der Waals surface area contributed by atoms with Crippen LogP contribution in [0.4, 0.5) is 0 Å². The van der Waals surface area contributed by atoms with Crippen LogP contribution in [0.15, 0.2) is 41.8 Å². The van der Waals surface area contributed by atoms with Crippen molar-refractivity contribution in [3.05, 3.63) is 52.5 Å². The molecule has 0 radical (unpaired) electrons. The lowest BCUT2D eigenvalue weighted by Gasteiger charge is -2.31. The lowest BCUT2D eigenvalue weighted by molar-refractivity contribution is -0.133. The Bertz CT molecular complexity index is 1050. The van der Waals surface area contributed by atoms with Gasteiger partial charge in [0.2, 0.25) is 5.91 Å². The number of aromatic nitrogens is 2. The number of nitrogens with one attached hydrogen (secondary N) is 1. The van der Waals surface area contributed by atoms with Crippen LogP contribution in [0.3, 0.4) is 0 Å². The van der Waals surface area contributed by atoms with Gasteiger partial charge in [-0.15, -0.1) is 11.3 Å². The molecule has 0 unspecified atom stereocenters. The summed E-state index contributed by atoms with van der Waals surface area (Å²) >= 11 is 1.46. The molecule has 4 rings (SSSR count). The summed E-state index contributed by atoms with van der Waals surface area (Å²) in [6, 6.07) is 12.2. The molecule has 0 aliphatic heterocycles. The summed E-state index contributed by atoms with van der Waals surface area (Å²) in [5.41, 5.74) is 1.98. The number of hydrogen-bond acceptors (Lipinski definition) is 4. The molecular formula is C26H34N4O2S. The Balaban J connectivity index is 1.32. The number of benzene rings is 1. The molecule has 0 spiro atoms. The van der Waals surface area contributed by atoms with Crippen LogP contribution in [0, 0.1) is 0 Å². The zero-order chi connectivity index (χ0) is 23.0. The summed E-state index contributed by atoms with van der Waals surface area (Å²) in [6.07, 6.45) is 9.69. The number of unbranched alkanes of at least 4 members (excludes halogenated alkanes) is 2. The molecule has 1 N–H and O–H groups in total. The van der Waals surface area contributed by atoms with Crippen LogP contribution in [0.2, 0.25) is 0 Å². The molecule has 2 heterocycles. The fourth-order valence-electron chi connectivity index (χ4n) is 4.69. The Labute approximate surface area is 200 Å². The van der Waals surface area contributed by atoms with E-state index in [0.29, 0.717) is 19.1 Å². The average Bonchev–Trinajstić information content (AvgIpc) is 3.50. The van der Waals surface area contributed by atoms with E-state index in [1.54, 1.807) is 0 Å². The van der Waals surface area contributed by atoms with Gasteiger partial charge in [0.05, 0.1) is 15.9 Å². The van der Waals surface area contributed by atoms with Gasteiger partial charge in [0.1, 0.15) is 12.4 Å². The van der Waals surface area contributed by atoms with E-state index >= 15 is 0 Å². The van der Waals surface area contributed by atoms with E-state index < -0.39 is 0 Å². The van der Waals surface area contributed by atoms with Gasteiger partial charge < -0.3 is 14.8 Å². The molecule has 1 fully saturated rings. The number of thiophene rings is 1. The van der Waals surface area contributed by atoms with Crippen LogP contribution in [-0.4, -0.2) is 45.9 Å². The van der Waals surface area contributed by atoms with Crippen molar-refractivity contribution in [1.82, 2.24) is 19.8 Å². The number of nitrogens with zero attached hydrogens (tertiary/aromatic N) is 3. The second-order valence-corrected chi connectivity index (χ2v) is 9.89. The number of rotatable bonds is 10. The first-order valence-electron chi connectivity index (χ1n) is 12.1. The highest BCUT2D eigenvalue weighted by atomic mass is 32.1. The van der Waals surface area contributed by atoms with Crippen LogP contribution in [0.25, 0.3) is 11.0 Å². The Morgan fingerprint density at radius 2 is 1.91 bits per heavy atom. The van der Waals surface area contributed by atoms with Crippen LogP contribution in [0.1, 0.15) is 66.9 Å². The highest BCUT2D eigenvalue weighted by Gasteiger charge is 2.23. The number of imidazole rings is 1. The van der Waals surface area contributed by atoms with E-state index in [0.717, 1.165) is 60.3 Å². The molecule has 2 amide bonds. The molecular weight excluding hydrogens is 432 g/mol. The van der Waals surface area contributed by atoms with Crippen LogP contribution >= 0.6 is 11.3 Å². The number of amides is 2. The summed E-state index contributed by atoms with van der Waals surface area (Å²) in [7, 11) is 1.96. The Morgan fingerprint density at radius 1 is 1.09 bits per heavy atom. The smallest absolute Gasteiger partial charge is 0.261 e. The molecule has 3 aromatic rings. The van der Waals surface area contributed by atoms with E-state index in [4.69, 9.17) is 4.98 Å². The molecule has 7 heteroatoms. The van der Waals surface area contributed by atoms with E-state index in [9.17, 15) is 9.59 Å². The van der Waals surface area contributed by atoms with Crippen molar-refractivity contribution in [2.75, 3.05) is 13.6 Å². The predicted octanol–water partition coefficient (Wildman–Crippen LogP) is 5.03. The largest absolute Gasteiger partial charge is 0.351 e. The topological polar surface area (TPSA) is 67.2 Å². The molecule has 1 aliphatic carbocycles. The van der Waals surface area contributed by atoms with Crippen LogP contribution < -0.4 is 5.32 Å². The number of aryl methyl sites for hydroxylation is 1. The van der Waals surface area contributed by atoms with Gasteiger partial charge in [0.25, 0.3) is 5.91 Å². The number of hydrogen-bond donors (Lipinski definition) is 1. The first-order valence-corrected chi connectivity index (χ1v) is 13.0. The highest BCUT2D eigenvalue weighted by molar-refractivity contribution is 7.12. The van der Waals surface area contributed by atoms with Crippen molar-refractivity contribution < 1.29 is 9.59 Å². The molecule has 1 aromatic carbocycles. The number of para-hydroxylation sites is 2. The van der Waals surface area contributed by atoms with Gasteiger partial charge in [-0.25, -0.2) is 4.98 Å². The zero-order valence-electron chi connectivity index (χ0n) is 19.5. The van der Waals surface area contributed by atoms with Gasteiger partial charge in [0, 0.05) is 26.1 Å². The number of likely N-dealkylation sites (N-methyl/N-ethyl adjacent to an activating group) is 1. The number of fused-ring (bicyclic) bond motifs is 1. The van der Waals surface area contributed by atoms with Crippen LogP contribution in [0.5, 0.6) is 0 Å². The maximum absolute atomic E-state index is 13.1. The van der Waals surface area contributed by atoms with Gasteiger partial charge in [-0.3, -0.25) is 9.59 Å².